The molecule has 70 valence electrons. The van der Waals surface area contributed by atoms with E-state index >= 15 is 0 Å². The summed E-state index contributed by atoms with van der Waals surface area (Å²) in [7, 11) is 0. The Bertz CT molecular complexity index is 294. The smallest absolute Gasteiger partial charge is 0.344 e. The zero-order valence-electron chi connectivity index (χ0n) is 7.03. The summed E-state index contributed by atoms with van der Waals surface area (Å²) in [5.41, 5.74) is 0. The molecule has 0 fully saturated rings. The van der Waals surface area contributed by atoms with E-state index in [1.54, 1.807) is 0 Å². The first-order chi connectivity index (χ1) is 6.09. The highest BCUT2D eigenvalue weighted by Gasteiger charge is 2.11. The second kappa shape index (κ2) is 3.89. The Hall–Kier alpha value is -1.58. The molecule has 0 amide bonds. The van der Waals surface area contributed by atoms with Crippen LogP contribution in [0.1, 0.15) is 6.92 Å². The molecule has 13 heavy (non-hydrogen) atoms. The first-order valence-electron chi connectivity index (χ1n) is 3.74. The van der Waals surface area contributed by atoms with Crippen LogP contribution in [0.4, 0.5) is 4.39 Å². The van der Waals surface area contributed by atoms with Gasteiger partial charge < -0.3 is 9.84 Å². The van der Waals surface area contributed by atoms with E-state index in [-0.39, 0.29) is 5.82 Å². The van der Waals surface area contributed by atoms with Crippen molar-refractivity contribution in [3.63, 3.8) is 0 Å². The standard InChI is InChI=1S/C9H9FO3/c1-6(9(11)12)13-8-4-2-7(10)3-5-8/h2-6H,1H3,(H,11,12)/t6-/m0/s1. The second-order valence-electron chi connectivity index (χ2n) is 2.55. The van der Waals surface area contributed by atoms with Gasteiger partial charge in [-0.15, -0.1) is 0 Å². The Kier molecular flexibility index (Phi) is 2.84. The van der Waals surface area contributed by atoms with Crippen molar-refractivity contribution in [1.29, 1.82) is 0 Å². The maximum Gasteiger partial charge on any atom is 0.344 e. The molecule has 0 saturated carbocycles. The third-order valence-electron chi connectivity index (χ3n) is 1.47. The molecule has 4 heteroatoms. The molecule has 0 bridgehead atoms. The van der Waals surface area contributed by atoms with Gasteiger partial charge in [0.1, 0.15) is 11.6 Å². The predicted octanol–water partition coefficient (Wildman–Crippen LogP) is 1.68. The molecule has 1 aromatic rings. The number of benzene rings is 1. The molecular formula is C9H9FO3. The average Bonchev–Trinajstić information content (AvgIpc) is 2.08. The number of rotatable bonds is 3. The molecule has 1 aromatic carbocycles. The highest BCUT2D eigenvalue weighted by atomic mass is 19.1. The lowest BCUT2D eigenvalue weighted by Gasteiger charge is -2.09. The number of carbonyl (C=O) groups is 1. The van der Waals surface area contributed by atoms with Crippen molar-refractivity contribution in [1.82, 2.24) is 0 Å². The lowest BCUT2D eigenvalue weighted by Crippen LogP contribution is -2.22. The molecule has 1 N–H and O–H groups in total. The van der Waals surface area contributed by atoms with Gasteiger partial charge in [0.25, 0.3) is 0 Å². The fourth-order valence-electron chi connectivity index (χ4n) is 0.768. The summed E-state index contributed by atoms with van der Waals surface area (Å²) in [6, 6.07) is 5.19. The summed E-state index contributed by atoms with van der Waals surface area (Å²) in [6.07, 6.45) is -0.925. The van der Waals surface area contributed by atoms with Crippen molar-refractivity contribution in [2.75, 3.05) is 0 Å². The number of carboxylic acid groups (broad SMARTS) is 1. The van der Waals surface area contributed by atoms with E-state index in [1.807, 2.05) is 0 Å². The average molecular weight is 184 g/mol. The largest absolute Gasteiger partial charge is 0.479 e. The molecule has 0 aliphatic carbocycles. The minimum absolute atomic E-state index is 0.344. The highest BCUT2D eigenvalue weighted by Crippen LogP contribution is 2.12. The first-order valence-corrected chi connectivity index (χ1v) is 3.74. The van der Waals surface area contributed by atoms with Crippen LogP contribution in [-0.2, 0) is 4.79 Å². The van der Waals surface area contributed by atoms with Gasteiger partial charge in [-0.2, -0.15) is 0 Å². The van der Waals surface area contributed by atoms with E-state index in [1.165, 1.54) is 31.2 Å². The summed E-state index contributed by atoms with van der Waals surface area (Å²) in [5.74, 6) is -1.09. The van der Waals surface area contributed by atoms with Gasteiger partial charge in [-0.3, -0.25) is 0 Å². The van der Waals surface area contributed by atoms with Crippen LogP contribution < -0.4 is 4.74 Å². The van der Waals surface area contributed by atoms with E-state index in [4.69, 9.17) is 9.84 Å². The van der Waals surface area contributed by atoms with Crippen LogP contribution in [0, 0.1) is 5.82 Å². The molecule has 0 aromatic heterocycles. The third-order valence-corrected chi connectivity index (χ3v) is 1.47. The van der Waals surface area contributed by atoms with E-state index in [2.05, 4.69) is 0 Å². The van der Waals surface area contributed by atoms with Crippen LogP contribution in [0.3, 0.4) is 0 Å². The molecule has 0 aliphatic heterocycles. The number of hydrogen-bond acceptors (Lipinski definition) is 2. The topological polar surface area (TPSA) is 46.5 Å². The highest BCUT2D eigenvalue weighted by molar-refractivity contribution is 5.72. The second-order valence-corrected chi connectivity index (χ2v) is 2.55. The van der Waals surface area contributed by atoms with Crippen molar-refractivity contribution in [2.24, 2.45) is 0 Å². The molecular weight excluding hydrogens is 175 g/mol. The fraction of sp³-hybridized carbons (Fsp3) is 0.222. The zero-order chi connectivity index (χ0) is 9.84. The Balaban J connectivity index is 2.64. The number of ether oxygens (including phenoxy) is 1. The summed E-state index contributed by atoms with van der Waals surface area (Å²) in [5, 5.41) is 8.50. The summed E-state index contributed by atoms with van der Waals surface area (Å²) in [4.78, 5) is 10.4. The quantitative estimate of drug-likeness (QED) is 0.777. The van der Waals surface area contributed by atoms with Crippen LogP contribution in [0.25, 0.3) is 0 Å². The monoisotopic (exact) mass is 184 g/mol. The molecule has 0 unspecified atom stereocenters. The predicted molar refractivity (Wildman–Crippen MR) is 44.1 cm³/mol. The molecule has 1 rings (SSSR count). The van der Waals surface area contributed by atoms with Crippen LogP contribution in [0.5, 0.6) is 5.75 Å². The van der Waals surface area contributed by atoms with Crippen molar-refractivity contribution in [2.45, 2.75) is 13.0 Å². The van der Waals surface area contributed by atoms with Crippen molar-refractivity contribution < 1.29 is 19.0 Å². The van der Waals surface area contributed by atoms with Crippen LogP contribution in [-0.4, -0.2) is 17.2 Å². The lowest BCUT2D eigenvalue weighted by atomic mass is 10.3. The van der Waals surface area contributed by atoms with Crippen LogP contribution in [0.2, 0.25) is 0 Å². The molecule has 0 saturated heterocycles. The van der Waals surface area contributed by atoms with Gasteiger partial charge in [-0.1, -0.05) is 0 Å². The Morgan fingerprint density at radius 1 is 1.46 bits per heavy atom. The SMILES string of the molecule is C[C@H](Oc1ccc(F)cc1)C(=O)O. The van der Waals surface area contributed by atoms with Crippen LogP contribution >= 0.6 is 0 Å². The van der Waals surface area contributed by atoms with Gasteiger partial charge in [0.15, 0.2) is 6.10 Å². The van der Waals surface area contributed by atoms with E-state index < -0.39 is 12.1 Å². The van der Waals surface area contributed by atoms with Gasteiger partial charge in [0.05, 0.1) is 0 Å². The van der Waals surface area contributed by atoms with E-state index in [0.29, 0.717) is 5.75 Å². The molecule has 0 aliphatic rings. The molecule has 0 spiro atoms. The Morgan fingerprint density at radius 3 is 2.46 bits per heavy atom. The summed E-state index contributed by atoms with van der Waals surface area (Å²) >= 11 is 0. The Morgan fingerprint density at radius 2 is 2.00 bits per heavy atom. The van der Waals surface area contributed by atoms with Gasteiger partial charge in [0, 0.05) is 0 Å². The summed E-state index contributed by atoms with van der Waals surface area (Å²) in [6.45, 7) is 1.41. The van der Waals surface area contributed by atoms with Gasteiger partial charge in [0.2, 0.25) is 0 Å². The van der Waals surface area contributed by atoms with Crippen molar-refractivity contribution in [3.8, 4) is 5.75 Å². The van der Waals surface area contributed by atoms with Crippen molar-refractivity contribution in [3.05, 3.63) is 30.1 Å². The van der Waals surface area contributed by atoms with E-state index in [9.17, 15) is 9.18 Å². The fourth-order valence-corrected chi connectivity index (χ4v) is 0.768. The minimum atomic E-state index is -1.05. The zero-order valence-corrected chi connectivity index (χ0v) is 7.03. The third kappa shape index (κ3) is 2.74. The lowest BCUT2D eigenvalue weighted by molar-refractivity contribution is -0.144. The molecule has 1 atom stereocenters. The van der Waals surface area contributed by atoms with Gasteiger partial charge >= 0.3 is 5.97 Å². The summed E-state index contributed by atoms with van der Waals surface area (Å²) < 4.78 is 17.4. The van der Waals surface area contributed by atoms with Crippen LogP contribution in [0.15, 0.2) is 24.3 Å². The van der Waals surface area contributed by atoms with E-state index in [0.717, 1.165) is 0 Å². The van der Waals surface area contributed by atoms with Gasteiger partial charge in [-0.25, -0.2) is 9.18 Å². The maximum absolute atomic E-state index is 12.4. The number of halogens is 1. The normalized spacial score (nSPS) is 12.2. The number of hydrogen-bond donors (Lipinski definition) is 1. The Labute approximate surface area is 74.8 Å². The first kappa shape index (κ1) is 9.51. The van der Waals surface area contributed by atoms with Crippen molar-refractivity contribution >= 4 is 5.97 Å². The maximum atomic E-state index is 12.4. The molecule has 0 heterocycles. The number of aliphatic carboxylic acids is 1. The minimum Gasteiger partial charge on any atom is -0.479 e. The van der Waals surface area contributed by atoms with Gasteiger partial charge in [-0.05, 0) is 31.2 Å². The molecule has 0 radical (unpaired) electrons. The number of carboxylic acids is 1. The molecule has 3 nitrogen and oxygen atoms in total.